The average molecular weight is 256 g/mol. The predicted octanol–water partition coefficient (Wildman–Crippen LogP) is -0.290. The second kappa shape index (κ2) is 4.85. The van der Waals surface area contributed by atoms with E-state index < -0.39 is 5.72 Å². The maximum Gasteiger partial charge on any atom is 0.256 e. The van der Waals surface area contributed by atoms with Gasteiger partial charge in [-0.15, -0.1) is 10.2 Å². The first kappa shape index (κ1) is 13.3. The van der Waals surface area contributed by atoms with Crippen LogP contribution in [0.1, 0.15) is 11.4 Å². The fourth-order valence-electron chi connectivity index (χ4n) is 1.67. The van der Waals surface area contributed by atoms with Gasteiger partial charge in [-0.2, -0.15) is 5.21 Å². The van der Waals surface area contributed by atoms with Crippen molar-refractivity contribution in [3.8, 4) is 11.5 Å². The minimum Gasteiger partial charge on any atom is -0.483 e. The molecule has 1 aromatic heterocycles. The Bertz CT molecular complexity index is 547. The van der Waals surface area contributed by atoms with Crippen LogP contribution in [0, 0.1) is 6.92 Å². The number of H-pyrrole nitrogens is 1. The number of nitrogens with one attached hydrogen (secondary N) is 1. The molecule has 3 rings (SSSR count). The Hall–Kier alpha value is -1.15. The van der Waals surface area contributed by atoms with Crippen LogP contribution in [-0.2, 0) is 5.72 Å². The van der Waals surface area contributed by atoms with Gasteiger partial charge in [0.25, 0.3) is 5.72 Å². The third-order valence-electron chi connectivity index (χ3n) is 2.56. The summed E-state index contributed by atoms with van der Waals surface area (Å²) in [5.41, 5.74) is 5.94. The summed E-state index contributed by atoms with van der Waals surface area (Å²) in [5, 5.41) is 13.5. The number of aromatic amines is 1. The van der Waals surface area contributed by atoms with E-state index in [9.17, 15) is 0 Å². The van der Waals surface area contributed by atoms with Crippen molar-refractivity contribution < 1.29 is 9.47 Å². The van der Waals surface area contributed by atoms with Gasteiger partial charge in [0.1, 0.15) is 6.61 Å². The minimum absolute atomic E-state index is 0. The van der Waals surface area contributed by atoms with Gasteiger partial charge in [-0.3, -0.25) is 5.73 Å². The van der Waals surface area contributed by atoms with Gasteiger partial charge in [0, 0.05) is 29.6 Å². The van der Waals surface area contributed by atoms with Crippen LogP contribution in [0.2, 0.25) is 0 Å². The summed E-state index contributed by atoms with van der Waals surface area (Å²) in [4.78, 5) is 0. The number of fused-ring (bicyclic) bond motifs is 1. The molecule has 0 aliphatic carbocycles. The number of ether oxygens (including phenoxy) is 2. The maximum atomic E-state index is 6.05. The summed E-state index contributed by atoms with van der Waals surface area (Å²) in [7, 11) is 0. The molecule has 0 bridgehead atoms. The molecule has 18 heavy (non-hydrogen) atoms. The van der Waals surface area contributed by atoms with Crippen LogP contribution < -0.4 is 15.2 Å². The zero-order valence-corrected chi connectivity index (χ0v) is 12.2. The molecule has 2 heterocycles. The topological polar surface area (TPSA) is 98.9 Å². The SMILES string of the molecule is Cc1ccc2c(c1)OCC(N)(c1nn[nH]n1)O2.[Na]. The van der Waals surface area contributed by atoms with E-state index in [1.807, 2.05) is 25.1 Å². The van der Waals surface area contributed by atoms with E-state index in [1.54, 1.807) is 0 Å². The first-order valence-corrected chi connectivity index (χ1v) is 5.13. The zero-order chi connectivity index (χ0) is 11.9. The van der Waals surface area contributed by atoms with Gasteiger partial charge in [-0.05, 0) is 29.8 Å². The molecular weight excluding hydrogens is 245 g/mol. The monoisotopic (exact) mass is 256 g/mol. The van der Waals surface area contributed by atoms with E-state index in [2.05, 4.69) is 20.6 Å². The van der Waals surface area contributed by atoms with Crippen LogP contribution in [0.3, 0.4) is 0 Å². The Balaban J connectivity index is 0.00000120. The molecule has 8 heteroatoms. The largest absolute Gasteiger partial charge is 0.483 e. The van der Waals surface area contributed by atoms with Gasteiger partial charge in [0.05, 0.1) is 0 Å². The Labute approximate surface area is 125 Å². The summed E-state index contributed by atoms with van der Waals surface area (Å²) >= 11 is 0. The van der Waals surface area contributed by atoms with E-state index in [0.29, 0.717) is 11.5 Å². The van der Waals surface area contributed by atoms with Crippen molar-refractivity contribution in [2.24, 2.45) is 5.73 Å². The molecule has 0 fully saturated rings. The first-order valence-electron chi connectivity index (χ1n) is 5.13. The molecular formula is C10H11N5NaO2. The van der Waals surface area contributed by atoms with Crippen molar-refractivity contribution in [2.45, 2.75) is 12.6 Å². The van der Waals surface area contributed by atoms with E-state index in [1.165, 1.54) is 0 Å². The smallest absolute Gasteiger partial charge is 0.256 e. The summed E-state index contributed by atoms with van der Waals surface area (Å²) in [6.07, 6.45) is 0. The van der Waals surface area contributed by atoms with Crippen LogP contribution in [0.15, 0.2) is 18.2 Å². The molecule has 1 aliphatic heterocycles. The summed E-state index contributed by atoms with van der Waals surface area (Å²) in [5.74, 6) is 1.52. The molecule has 7 nitrogen and oxygen atoms in total. The van der Waals surface area contributed by atoms with Crippen molar-refractivity contribution >= 4 is 29.6 Å². The number of aryl methyl sites for hydroxylation is 1. The average Bonchev–Trinajstić information content (AvgIpc) is 2.84. The maximum absolute atomic E-state index is 6.05. The quantitative estimate of drug-likeness (QED) is 0.680. The van der Waals surface area contributed by atoms with Crippen molar-refractivity contribution in [1.82, 2.24) is 20.6 Å². The summed E-state index contributed by atoms with van der Waals surface area (Å²) < 4.78 is 11.3. The first-order chi connectivity index (χ1) is 8.17. The zero-order valence-electron chi connectivity index (χ0n) is 10.2. The van der Waals surface area contributed by atoms with E-state index in [0.717, 1.165) is 5.56 Å². The fraction of sp³-hybridized carbons (Fsp3) is 0.300. The number of hydrogen-bond acceptors (Lipinski definition) is 6. The molecule has 0 spiro atoms. The van der Waals surface area contributed by atoms with Crippen molar-refractivity contribution in [1.29, 1.82) is 0 Å². The van der Waals surface area contributed by atoms with E-state index in [4.69, 9.17) is 15.2 Å². The number of nitrogens with zero attached hydrogens (tertiary/aromatic N) is 3. The number of hydrogen-bond donors (Lipinski definition) is 2. The van der Waals surface area contributed by atoms with Gasteiger partial charge in [-0.25, -0.2) is 0 Å². The Morgan fingerprint density at radius 2 is 2.22 bits per heavy atom. The van der Waals surface area contributed by atoms with Crippen molar-refractivity contribution in [3.05, 3.63) is 29.6 Å². The molecule has 1 aromatic carbocycles. The summed E-state index contributed by atoms with van der Waals surface area (Å²) in [6, 6.07) is 5.63. The Morgan fingerprint density at radius 3 is 2.94 bits per heavy atom. The molecule has 1 radical (unpaired) electrons. The second-order valence-corrected chi connectivity index (χ2v) is 3.97. The molecule has 0 amide bonds. The number of benzene rings is 1. The normalized spacial score (nSPS) is 21.2. The Morgan fingerprint density at radius 1 is 1.39 bits per heavy atom. The van der Waals surface area contributed by atoms with Gasteiger partial charge >= 0.3 is 0 Å². The number of nitrogens with two attached hydrogens (primary N) is 1. The predicted molar refractivity (Wildman–Crippen MR) is 63.1 cm³/mol. The van der Waals surface area contributed by atoms with Gasteiger partial charge in [0.15, 0.2) is 11.5 Å². The molecule has 89 valence electrons. The third kappa shape index (κ3) is 2.22. The third-order valence-corrected chi connectivity index (χ3v) is 2.56. The van der Waals surface area contributed by atoms with Gasteiger partial charge < -0.3 is 9.47 Å². The molecule has 1 aliphatic rings. The second-order valence-electron chi connectivity index (χ2n) is 3.97. The van der Waals surface area contributed by atoms with E-state index in [-0.39, 0.29) is 42.0 Å². The molecule has 0 saturated carbocycles. The minimum atomic E-state index is -1.20. The number of rotatable bonds is 1. The summed E-state index contributed by atoms with van der Waals surface area (Å²) in [6.45, 7) is 2.12. The van der Waals surface area contributed by atoms with Crippen LogP contribution in [0.5, 0.6) is 11.5 Å². The fourth-order valence-corrected chi connectivity index (χ4v) is 1.67. The molecule has 0 saturated heterocycles. The van der Waals surface area contributed by atoms with Crippen LogP contribution >= 0.6 is 0 Å². The van der Waals surface area contributed by atoms with Crippen LogP contribution in [0.25, 0.3) is 0 Å². The van der Waals surface area contributed by atoms with Crippen molar-refractivity contribution in [3.63, 3.8) is 0 Å². The Kier molecular flexibility index (Phi) is 3.58. The van der Waals surface area contributed by atoms with Crippen molar-refractivity contribution in [2.75, 3.05) is 6.61 Å². The molecule has 1 unspecified atom stereocenters. The molecule has 1 atom stereocenters. The molecule has 2 aromatic rings. The standard InChI is InChI=1S/C10H11N5O2.Na/c1-6-2-3-7-8(4-6)16-5-10(11,17-7)9-12-14-15-13-9;/h2-4H,5,11H2,1H3,(H,12,13,14,15);. The number of aromatic nitrogens is 4. The van der Waals surface area contributed by atoms with Gasteiger partial charge in [-0.1, -0.05) is 6.07 Å². The van der Waals surface area contributed by atoms with Gasteiger partial charge in [0.2, 0.25) is 5.82 Å². The van der Waals surface area contributed by atoms with Crippen LogP contribution in [0.4, 0.5) is 0 Å². The van der Waals surface area contributed by atoms with Crippen LogP contribution in [-0.4, -0.2) is 56.8 Å². The molecule has 3 N–H and O–H groups in total. The van der Waals surface area contributed by atoms with E-state index >= 15 is 0 Å². The number of tetrazole rings is 1.